The quantitative estimate of drug-likeness (QED) is 0.633. The first kappa shape index (κ1) is 19.8. The van der Waals surface area contributed by atoms with Crippen LogP contribution in [0.15, 0.2) is 36.7 Å². The molecule has 0 unspecified atom stereocenters. The second-order valence-electron chi connectivity index (χ2n) is 7.66. The van der Waals surface area contributed by atoms with E-state index in [1.807, 2.05) is 24.4 Å². The largest absolute Gasteiger partial charge is 0.493 e. The summed E-state index contributed by atoms with van der Waals surface area (Å²) in [6, 6.07) is 7.64. The Morgan fingerprint density at radius 2 is 1.73 bits per heavy atom. The molecule has 1 aliphatic rings. The van der Waals surface area contributed by atoms with Crippen molar-refractivity contribution in [3.63, 3.8) is 0 Å². The van der Waals surface area contributed by atoms with Crippen molar-refractivity contribution in [1.82, 2.24) is 15.0 Å². The molecule has 0 radical (unpaired) electrons. The Balaban J connectivity index is 1.66. The first-order valence-electron chi connectivity index (χ1n) is 9.60. The number of hydrogen-bond acceptors (Lipinski definition) is 8. The molecule has 0 spiro atoms. The van der Waals surface area contributed by atoms with E-state index in [4.69, 9.17) is 14.2 Å². The van der Waals surface area contributed by atoms with Gasteiger partial charge in [0, 0.05) is 53.3 Å². The smallest absolute Gasteiger partial charge is 0.227 e. The average Bonchev–Trinajstić information content (AvgIpc) is 3.07. The van der Waals surface area contributed by atoms with Gasteiger partial charge in [-0.15, -0.1) is 0 Å². The minimum absolute atomic E-state index is 0.0304. The first-order valence-corrected chi connectivity index (χ1v) is 9.60. The topological polar surface area (TPSA) is 90.4 Å². The zero-order valence-electron chi connectivity index (χ0n) is 17.7. The van der Waals surface area contributed by atoms with Gasteiger partial charge in [-0.1, -0.05) is 13.8 Å². The Labute approximate surface area is 175 Å². The zero-order chi connectivity index (χ0) is 21.3. The molecule has 1 aliphatic heterocycles. The van der Waals surface area contributed by atoms with Crippen LogP contribution in [0.2, 0.25) is 0 Å². The van der Waals surface area contributed by atoms with Crippen molar-refractivity contribution in [2.24, 2.45) is 0 Å². The molecule has 2 N–H and O–H groups in total. The molecule has 1 aromatic carbocycles. The predicted molar refractivity (Wildman–Crippen MR) is 116 cm³/mol. The molecule has 0 saturated carbocycles. The lowest BCUT2D eigenvalue weighted by Gasteiger charge is -2.17. The Bertz CT molecular complexity index is 1060. The number of methoxy groups -OCH3 is 3. The fourth-order valence-corrected chi connectivity index (χ4v) is 3.52. The SMILES string of the molecule is COc1cc(Nc2nccc(-c3cnc4c(c3)C(C)(C)CN4)n2)cc(OC)c1OC. The van der Waals surface area contributed by atoms with Crippen LogP contribution in [-0.2, 0) is 5.41 Å². The van der Waals surface area contributed by atoms with Crippen LogP contribution in [0, 0.1) is 0 Å². The van der Waals surface area contributed by atoms with E-state index < -0.39 is 0 Å². The molecule has 0 fully saturated rings. The molecule has 0 saturated heterocycles. The summed E-state index contributed by atoms with van der Waals surface area (Å²) in [6.45, 7) is 5.28. The second kappa shape index (κ2) is 7.70. The van der Waals surface area contributed by atoms with Crippen molar-refractivity contribution in [2.75, 3.05) is 38.5 Å². The van der Waals surface area contributed by atoms with Crippen molar-refractivity contribution in [3.8, 4) is 28.5 Å². The van der Waals surface area contributed by atoms with Crippen molar-refractivity contribution in [2.45, 2.75) is 19.3 Å². The molecule has 2 aromatic heterocycles. The van der Waals surface area contributed by atoms with Gasteiger partial charge in [0.1, 0.15) is 5.82 Å². The first-order chi connectivity index (χ1) is 14.4. The number of nitrogens with one attached hydrogen (secondary N) is 2. The molecule has 156 valence electrons. The highest BCUT2D eigenvalue weighted by atomic mass is 16.5. The number of benzene rings is 1. The van der Waals surface area contributed by atoms with Crippen molar-refractivity contribution in [1.29, 1.82) is 0 Å². The summed E-state index contributed by atoms with van der Waals surface area (Å²) < 4.78 is 16.2. The fourth-order valence-electron chi connectivity index (χ4n) is 3.52. The molecule has 30 heavy (non-hydrogen) atoms. The zero-order valence-corrected chi connectivity index (χ0v) is 17.7. The maximum atomic E-state index is 5.41. The van der Waals surface area contributed by atoms with Gasteiger partial charge in [0.2, 0.25) is 11.7 Å². The summed E-state index contributed by atoms with van der Waals surface area (Å²) in [5, 5.41) is 6.57. The standard InChI is InChI=1S/C22H25N5O3/c1-22(2)12-25-20-15(22)8-13(11-24-20)16-6-7-23-21(27-16)26-14-9-17(28-3)19(30-5)18(10-14)29-4/h6-11H,12H2,1-5H3,(H,24,25)(H,23,26,27). The van der Waals surface area contributed by atoms with Crippen LogP contribution in [0.5, 0.6) is 17.2 Å². The van der Waals surface area contributed by atoms with E-state index in [0.717, 1.165) is 29.3 Å². The number of pyridine rings is 1. The number of nitrogens with zero attached hydrogens (tertiary/aromatic N) is 3. The van der Waals surface area contributed by atoms with Crippen LogP contribution in [-0.4, -0.2) is 42.8 Å². The summed E-state index contributed by atoms with van der Waals surface area (Å²) >= 11 is 0. The summed E-state index contributed by atoms with van der Waals surface area (Å²) in [7, 11) is 4.73. The summed E-state index contributed by atoms with van der Waals surface area (Å²) in [5.41, 5.74) is 3.68. The third-order valence-electron chi connectivity index (χ3n) is 5.19. The number of hydrogen-bond donors (Lipinski definition) is 2. The van der Waals surface area contributed by atoms with E-state index in [1.165, 1.54) is 5.56 Å². The number of ether oxygens (including phenoxy) is 3. The van der Waals surface area contributed by atoms with E-state index in [0.29, 0.717) is 23.2 Å². The normalized spacial score (nSPS) is 13.9. The minimum Gasteiger partial charge on any atom is -0.493 e. The minimum atomic E-state index is 0.0304. The fraction of sp³-hybridized carbons (Fsp3) is 0.318. The maximum absolute atomic E-state index is 5.41. The monoisotopic (exact) mass is 407 g/mol. The maximum Gasteiger partial charge on any atom is 0.227 e. The molecular formula is C22H25N5O3. The van der Waals surface area contributed by atoms with E-state index >= 15 is 0 Å². The second-order valence-corrected chi connectivity index (χ2v) is 7.66. The third-order valence-corrected chi connectivity index (χ3v) is 5.19. The van der Waals surface area contributed by atoms with E-state index in [2.05, 4.69) is 45.5 Å². The number of aromatic nitrogens is 3. The molecule has 0 bridgehead atoms. The van der Waals surface area contributed by atoms with Crippen molar-refractivity contribution in [3.05, 3.63) is 42.2 Å². The van der Waals surface area contributed by atoms with E-state index in [-0.39, 0.29) is 5.41 Å². The summed E-state index contributed by atoms with van der Waals surface area (Å²) in [4.78, 5) is 13.6. The van der Waals surface area contributed by atoms with Crippen LogP contribution in [0.4, 0.5) is 17.5 Å². The molecular weight excluding hydrogens is 382 g/mol. The van der Waals surface area contributed by atoms with E-state index in [1.54, 1.807) is 27.5 Å². The van der Waals surface area contributed by atoms with Crippen molar-refractivity contribution < 1.29 is 14.2 Å². The van der Waals surface area contributed by atoms with Gasteiger partial charge in [0.15, 0.2) is 11.5 Å². The molecule has 8 nitrogen and oxygen atoms in total. The van der Waals surface area contributed by atoms with Crippen molar-refractivity contribution >= 4 is 17.5 Å². The molecule has 3 aromatic rings. The molecule has 0 aliphatic carbocycles. The molecule has 8 heteroatoms. The molecule has 3 heterocycles. The lowest BCUT2D eigenvalue weighted by molar-refractivity contribution is 0.324. The van der Waals surface area contributed by atoms with Crippen LogP contribution in [0.1, 0.15) is 19.4 Å². The molecule has 0 atom stereocenters. The van der Waals surface area contributed by atoms with Crippen LogP contribution >= 0.6 is 0 Å². The Morgan fingerprint density at radius 3 is 2.40 bits per heavy atom. The average molecular weight is 407 g/mol. The number of fused-ring (bicyclic) bond motifs is 1. The lowest BCUT2D eigenvalue weighted by Crippen LogP contribution is -2.18. The van der Waals surface area contributed by atoms with Gasteiger partial charge in [-0.2, -0.15) is 0 Å². The molecule has 0 amide bonds. The van der Waals surface area contributed by atoms with Gasteiger partial charge in [-0.3, -0.25) is 0 Å². The lowest BCUT2D eigenvalue weighted by atomic mass is 9.87. The summed E-state index contributed by atoms with van der Waals surface area (Å²) in [6.07, 6.45) is 3.55. The van der Waals surface area contributed by atoms with Gasteiger partial charge >= 0.3 is 0 Å². The Morgan fingerprint density at radius 1 is 1.00 bits per heavy atom. The van der Waals surface area contributed by atoms with Gasteiger partial charge in [0.25, 0.3) is 0 Å². The highest BCUT2D eigenvalue weighted by Gasteiger charge is 2.31. The van der Waals surface area contributed by atoms with Gasteiger partial charge in [-0.05, 0) is 12.1 Å². The Hall–Kier alpha value is -3.55. The predicted octanol–water partition coefficient (Wildman–Crippen LogP) is 4.01. The van der Waals surface area contributed by atoms with Crippen LogP contribution in [0.25, 0.3) is 11.3 Å². The van der Waals surface area contributed by atoms with Gasteiger partial charge in [0.05, 0.1) is 27.0 Å². The van der Waals surface area contributed by atoms with Gasteiger partial charge < -0.3 is 24.8 Å². The number of rotatable bonds is 6. The van der Waals surface area contributed by atoms with Crippen LogP contribution < -0.4 is 24.8 Å². The van der Waals surface area contributed by atoms with Gasteiger partial charge in [-0.25, -0.2) is 15.0 Å². The highest BCUT2D eigenvalue weighted by Crippen LogP contribution is 2.40. The number of anilines is 3. The highest BCUT2D eigenvalue weighted by molar-refractivity contribution is 5.69. The third kappa shape index (κ3) is 3.56. The molecule has 4 rings (SSSR count). The van der Waals surface area contributed by atoms with Crippen LogP contribution in [0.3, 0.4) is 0 Å². The van der Waals surface area contributed by atoms with E-state index in [9.17, 15) is 0 Å². The summed E-state index contributed by atoms with van der Waals surface area (Å²) in [5.74, 6) is 3.02. The Kier molecular flexibility index (Phi) is 5.07.